The van der Waals surface area contributed by atoms with Crippen molar-refractivity contribution in [1.82, 2.24) is 20.1 Å². The van der Waals surface area contributed by atoms with E-state index in [2.05, 4.69) is 69.2 Å². The number of piperazine rings is 1. The number of nitrogens with one attached hydrogen (secondary N) is 1. The van der Waals surface area contributed by atoms with Crippen molar-refractivity contribution in [2.45, 2.75) is 31.8 Å². The van der Waals surface area contributed by atoms with Crippen LogP contribution in [0.4, 0.5) is 0 Å². The van der Waals surface area contributed by atoms with Gasteiger partial charge in [0.25, 0.3) is 0 Å². The Morgan fingerprint density at radius 2 is 2.19 bits per heavy atom. The average Bonchev–Trinajstić information content (AvgIpc) is 2.48. The van der Waals surface area contributed by atoms with Crippen molar-refractivity contribution in [2.75, 3.05) is 40.3 Å². The van der Waals surface area contributed by atoms with Gasteiger partial charge in [-0.05, 0) is 55.1 Å². The normalized spacial score (nSPS) is 22.4. The molecule has 21 heavy (non-hydrogen) atoms. The van der Waals surface area contributed by atoms with Crippen molar-refractivity contribution in [1.29, 1.82) is 0 Å². The summed E-state index contributed by atoms with van der Waals surface area (Å²) in [4.78, 5) is 9.47. The average molecular weight is 355 g/mol. The zero-order valence-corrected chi connectivity index (χ0v) is 14.9. The van der Waals surface area contributed by atoms with Crippen LogP contribution in [0.3, 0.4) is 0 Å². The van der Waals surface area contributed by atoms with Crippen LogP contribution in [-0.4, -0.2) is 67.1 Å². The van der Waals surface area contributed by atoms with Gasteiger partial charge in [0.1, 0.15) is 0 Å². The number of halogens is 1. The summed E-state index contributed by atoms with van der Waals surface area (Å²) in [6, 6.07) is 5.19. The summed E-state index contributed by atoms with van der Waals surface area (Å²) in [5.74, 6) is 0. The van der Waals surface area contributed by atoms with Gasteiger partial charge in [-0.25, -0.2) is 0 Å². The van der Waals surface area contributed by atoms with Crippen LogP contribution in [0.25, 0.3) is 0 Å². The molecule has 0 aliphatic carbocycles. The first-order valence-electron chi connectivity index (χ1n) is 7.82. The van der Waals surface area contributed by atoms with Crippen molar-refractivity contribution >= 4 is 15.9 Å². The summed E-state index contributed by atoms with van der Waals surface area (Å²) in [5, 5.41) is 3.73. The second-order valence-electron chi connectivity index (χ2n) is 6.04. The second-order valence-corrected chi connectivity index (χ2v) is 6.96. The third kappa shape index (κ3) is 5.02. The highest BCUT2D eigenvalue weighted by molar-refractivity contribution is 9.10. The minimum Gasteiger partial charge on any atom is -0.312 e. The molecule has 2 rings (SSSR count). The SMILES string of the molecule is CCCNC(Cc1ccc(Br)cn1)C1CN(C)CCN1C. The van der Waals surface area contributed by atoms with Crippen molar-refractivity contribution in [3.8, 4) is 0 Å². The molecule has 1 saturated heterocycles. The molecule has 2 atom stereocenters. The molecule has 1 aromatic rings. The van der Waals surface area contributed by atoms with Crippen LogP contribution in [-0.2, 0) is 6.42 Å². The summed E-state index contributed by atoms with van der Waals surface area (Å²) in [5.41, 5.74) is 1.16. The van der Waals surface area contributed by atoms with E-state index in [0.29, 0.717) is 12.1 Å². The Morgan fingerprint density at radius 1 is 1.38 bits per heavy atom. The second kappa shape index (κ2) is 8.22. The lowest BCUT2D eigenvalue weighted by atomic mass is 9.98. The molecule has 118 valence electrons. The van der Waals surface area contributed by atoms with Gasteiger partial charge in [0, 0.05) is 54.5 Å². The molecular formula is C16H27BrN4. The first-order chi connectivity index (χ1) is 10.1. The molecule has 0 radical (unpaired) electrons. The third-order valence-corrected chi connectivity index (χ3v) is 4.71. The van der Waals surface area contributed by atoms with Crippen molar-refractivity contribution in [3.63, 3.8) is 0 Å². The van der Waals surface area contributed by atoms with Crippen molar-refractivity contribution in [2.24, 2.45) is 0 Å². The number of aromatic nitrogens is 1. The molecule has 1 aromatic heterocycles. The first-order valence-corrected chi connectivity index (χ1v) is 8.62. The van der Waals surface area contributed by atoms with Crippen LogP contribution < -0.4 is 5.32 Å². The number of rotatable bonds is 6. The summed E-state index contributed by atoms with van der Waals surface area (Å²) in [7, 11) is 4.46. The fraction of sp³-hybridized carbons (Fsp3) is 0.688. The Kier molecular flexibility index (Phi) is 6.61. The maximum Gasteiger partial charge on any atom is 0.0420 e. The van der Waals surface area contributed by atoms with Gasteiger partial charge in [-0.2, -0.15) is 0 Å². The lowest BCUT2D eigenvalue weighted by molar-refractivity contribution is 0.0874. The Labute approximate surface area is 137 Å². The van der Waals surface area contributed by atoms with Crippen LogP contribution in [0.15, 0.2) is 22.8 Å². The molecule has 1 aliphatic heterocycles. The van der Waals surface area contributed by atoms with Gasteiger partial charge in [0.15, 0.2) is 0 Å². The van der Waals surface area contributed by atoms with E-state index in [0.717, 1.165) is 49.2 Å². The first kappa shape index (κ1) is 16.9. The van der Waals surface area contributed by atoms with E-state index in [1.807, 2.05) is 6.20 Å². The Bertz CT molecular complexity index is 423. The van der Waals surface area contributed by atoms with E-state index in [1.165, 1.54) is 0 Å². The van der Waals surface area contributed by atoms with Crippen LogP contribution in [0.5, 0.6) is 0 Å². The summed E-state index contributed by atoms with van der Waals surface area (Å²) in [6.45, 7) is 6.70. The molecule has 1 aliphatic rings. The topological polar surface area (TPSA) is 31.4 Å². The maximum absolute atomic E-state index is 4.55. The summed E-state index contributed by atoms with van der Waals surface area (Å²) < 4.78 is 1.04. The molecule has 5 heteroatoms. The Morgan fingerprint density at radius 3 is 2.86 bits per heavy atom. The standard InChI is InChI=1S/C16H27BrN4/c1-4-7-18-15(10-14-6-5-13(17)11-19-14)16-12-20(2)8-9-21(16)3/h5-6,11,15-16,18H,4,7-10,12H2,1-3H3. The molecule has 1 fully saturated rings. The van der Waals surface area contributed by atoms with Gasteiger partial charge >= 0.3 is 0 Å². The smallest absolute Gasteiger partial charge is 0.0420 e. The largest absolute Gasteiger partial charge is 0.312 e. The fourth-order valence-corrected chi connectivity index (χ4v) is 3.14. The maximum atomic E-state index is 4.55. The zero-order valence-electron chi connectivity index (χ0n) is 13.3. The van der Waals surface area contributed by atoms with E-state index >= 15 is 0 Å². The summed E-state index contributed by atoms with van der Waals surface area (Å²) >= 11 is 3.45. The molecule has 0 aromatic carbocycles. The molecule has 0 amide bonds. The Hall–Kier alpha value is -0.490. The van der Waals surface area contributed by atoms with Gasteiger partial charge in [0.05, 0.1) is 0 Å². The van der Waals surface area contributed by atoms with Gasteiger partial charge in [-0.3, -0.25) is 9.88 Å². The number of hydrogen-bond acceptors (Lipinski definition) is 4. The van der Waals surface area contributed by atoms with Gasteiger partial charge in [0.2, 0.25) is 0 Å². The molecule has 0 spiro atoms. The van der Waals surface area contributed by atoms with E-state index < -0.39 is 0 Å². The van der Waals surface area contributed by atoms with Gasteiger partial charge in [-0.15, -0.1) is 0 Å². The molecule has 1 N–H and O–H groups in total. The van der Waals surface area contributed by atoms with E-state index in [4.69, 9.17) is 0 Å². The molecule has 4 nitrogen and oxygen atoms in total. The van der Waals surface area contributed by atoms with Crippen LogP contribution >= 0.6 is 15.9 Å². The Balaban J connectivity index is 2.07. The van der Waals surface area contributed by atoms with Crippen LogP contribution in [0.1, 0.15) is 19.0 Å². The van der Waals surface area contributed by atoms with E-state index in [1.54, 1.807) is 0 Å². The van der Waals surface area contributed by atoms with Gasteiger partial charge < -0.3 is 10.2 Å². The highest BCUT2D eigenvalue weighted by Crippen LogP contribution is 2.15. The minimum absolute atomic E-state index is 0.450. The van der Waals surface area contributed by atoms with E-state index in [-0.39, 0.29) is 0 Å². The van der Waals surface area contributed by atoms with Crippen molar-refractivity contribution in [3.05, 3.63) is 28.5 Å². The van der Waals surface area contributed by atoms with Crippen LogP contribution in [0.2, 0.25) is 0 Å². The molecular weight excluding hydrogens is 328 g/mol. The fourth-order valence-electron chi connectivity index (χ4n) is 2.91. The number of nitrogens with zero attached hydrogens (tertiary/aromatic N) is 3. The van der Waals surface area contributed by atoms with Gasteiger partial charge in [-0.1, -0.05) is 6.92 Å². The molecule has 0 saturated carbocycles. The monoisotopic (exact) mass is 354 g/mol. The number of pyridine rings is 1. The van der Waals surface area contributed by atoms with Crippen molar-refractivity contribution < 1.29 is 0 Å². The predicted molar refractivity (Wildman–Crippen MR) is 91.6 cm³/mol. The quantitative estimate of drug-likeness (QED) is 0.846. The number of likely N-dealkylation sites (N-methyl/N-ethyl adjacent to an activating group) is 2. The zero-order chi connectivity index (χ0) is 15.2. The lowest BCUT2D eigenvalue weighted by Gasteiger charge is -2.42. The highest BCUT2D eigenvalue weighted by atomic mass is 79.9. The summed E-state index contributed by atoms with van der Waals surface area (Å²) in [6.07, 6.45) is 4.04. The highest BCUT2D eigenvalue weighted by Gasteiger charge is 2.29. The number of hydrogen-bond donors (Lipinski definition) is 1. The minimum atomic E-state index is 0.450. The van der Waals surface area contributed by atoms with Crippen LogP contribution in [0, 0.1) is 0 Å². The molecule has 2 unspecified atom stereocenters. The predicted octanol–water partition coefficient (Wildman–Crippen LogP) is 2.00. The molecule has 0 bridgehead atoms. The molecule has 2 heterocycles. The lowest BCUT2D eigenvalue weighted by Crippen LogP contribution is -2.59. The third-order valence-electron chi connectivity index (χ3n) is 4.24. The van der Waals surface area contributed by atoms with E-state index in [9.17, 15) is 0 Å².